The van der Waals surface area contributed by atoms with E-state index in [4.69, 9.17) is 27.9 Å². The lowest BCUT2D eigenvalue weighted by atomic mass is 10.2. The average molecular weight is 354 g/mol. The van der Waals surface area contributed by atoms with Crippen LogP contribution in [-0.2, 0) is 16.1 Å². The molecule has 4 nitrogen and oxygen atoms in total. The summed E-state index contributed by atoms with van der Waals surface area (Å²) >= 11 is 11.9. The molecule has 7 heteroatoms. The summed E-state index contributed by atoms with van der Waals surface area (Å²) in [6.07, 6.45) is 0.0374. The molecule has 1 unspecified atom stereocenters. The molecular formula is C14H19Cl3N2O2. The fraction of sp³-hybridized carbons (Fsp3) is 0.500. The maximum absolute atomic E-state index is 10.9. The van der Waals surface area contributed by atoms with Crippen LogP contribution in [0.1, 0.15) is 12.5 Å². The standard InChI is InChI=1S/C14H18Cl2N2O2.ClH/c1-10(19)17-7-12-9-18(4-5-20-12)8-11-2-3-13(15)14(16)6-11;/h2-3,6,12H,4-5,7-9H2,1H3,(H,17,19);1H. The van der Waals surface area contributed by atoms with Crippen LogP contribution in [-0.4, -0.2) is 43.2 Å². The number of carbonyl (C=O) groups excluding carboxylic acids is 1. The molecule has 1 heterocycles. The van der Waals surface area contributed by atoms with Gasteiger partial charge >= 0.3 is 0 Å². The Morgan fingerprint density at radius 2 is 2.19 bits per heavy atom. The first kappa shape index (κ1) is 18.5. The fourth-order valence-electron chi connectivity index (χ4n) is 2.20. The van der Waals surface area contributed by atoms with Crippen LogP contribution in [0, 0.1) is 0 Å². The number of carbonyl (C=O) groups is 1. The van der Waals surface area contributed by atoms with Crippen LogP contribution in [0.4, 0.5) is 0 Å². The molecule has 1 N–H and O–H groups in total. The topological polar surface area (TPSA) is 41.6 Å². The molecule has 0 saturated carbocycles. The van der Waals surface area contributed by atoms with Crippen LogP contribution < -0.4 is 5.32 Å². The summed E-state index contributed by atoms with van der Waals surface area (Å²) in [6.45, 7) is 5.20. The molecule has 118 valence electrons. The number of hydrogen-bond donors (Lipinski definition) is 1. The molecule has 1 saturated heterocycles. The number of amides is 1. The van der Waals surface area contributed by atoms with E-state index in [1.54, 1.807) is 0 Å². The van der Waals surface area contributed by atoms with Crippen LogP contribution in [0.25, 0.3) is 0 Å². The van der Waals surface area contributed by atoms with Crippen molar-refractivity contribution >= 4 is 41.5 Å². The number of halogens is 3. The van der Waals surface area contributed by atoms with Gasteiger partial charge in [-0.2, -0.15) is 0 Å². The van der Waals surface area contributed by atoms with Gasteiger partial charge in [0, 0.05) is 33.1 Å². The van der Waals surface area contributed by atoms with Gasteiger partial charge in [-0.25, -0.2) is 0 Å². The van der Waals surface area contributed by atoms with E-state index in [1.165, 1.54) is 6.92 Å². The number of nitrogens with one attached hydrogen (secondary N) is 1. The fourth-order valence-corrected chi connectivity index (χ4v) is 2.52. The first-order valence-corrected chi connectivity index (χ1v) is 7.32. The third-order valence-electron chi connectivity index (χ3n) is 3.19. The molecule has 0 spiro atoms. The van der Waals surface area contributed by atoms with Crippen molar-refractivity contribution in [3.8, 4) is 0 Å². The third kappa shape index (κ3) is 6.01. The highest BCUT2D eigenvalue weighted by molar-refractivity contribution is 6.42. The van der Waals surface area contributed by atoms with Crippen LogP contribution in [0.2, 0.25) is 10.0 Å². The van der Waals surface area contributed by atoms with Gasteiger partial charge in [0.15, 0.2) is 0 Å². The van der Waals surface area contributed by atoms with E-state index in [0.29, 0.717) is 23.2 Å². The predicted octanol–water partition coefficient (Wildman–Crippen LogP) is 2.75. The number of nitrogens with zero attached hydrogens (tertiary/aromatic N) is 1. The molecular weight excluding hydrogens is 335 g/mol. The second kappa shape index (κ2) is 8.81. The molecule has 1 fully saturated rings. The SMILES string of the molecule is CC(=O)NCC1CN(Cc2ccc(Cl)c(Cl)c2)CCO1.Cl. The minimum Gasteiger partial charge on any atom is -0.374 e. The second-order valence-electron chi connectivity index (χ2n) is 4.91. The van der Waals surface area contributed by atoms with Gasteiger partial charge in [-0.15, -0.1) is 12.4 Å². The summed E-state index contributed by atoms with van der Waals surface area (Å²) in [5, 5.41) is 3.93. The van der Waals surface area contributed by atoms with E-state index in [2.05, 4.69) is 10.2 Å². The Hall–Kier alpha value is -0.520. The monoisotopic (exact) mass is 352 g/mol. The highest BCUT2D eigenvalue weighted by Gasteiger charge is 2.20. The van der Waals surface area contributed by atoms with Crippen molar-refractivity contribution < 1.29 is 9.53 Å². The zero-order chi connectivity index (χ0) is 14.5. The van der Waals surface area contributed by atoms with Gasteiger partial charge < -0.3 is 10.1 Å². The Balaban J connectivity index is 0.00000220. The molecule has 1 atom stereocenters. The number of morpholine rings is 1. The van der Waals surface area contributed by atoms with Crippen molar-refractivity contribution in [2.24, 2.45) is 0 Å². The van der Waals surface area contributed by atoms with Crippen molar-refractivity contribution in [1.29, 1.82) is 0 Å². The molecule has 1 aromatic carbocycles. The zero-order valence-corrected chi connectivity index (χ0v) is 14.1. The Morgan fingerprint density at radius 3 is 2.86 bits per heavy atom. The van der Waals surface area contributed by atoms with Crippen LogP contribution >= 0.6 is 35.6 Å². The molecule has 1 aliphatic heterocycles. The van der Waals surface area contributed by atoms with Gasteiger partial charge in [0.1, 0.15) is 0 Å². The molecule has 2 rings (SSSR count). The molecule has 0 bridgehead atoms. The van der Waals surface area contributed by atoms with Crippen LogP contribution in [0.3, 0.4) is 0 Å². The Kier molecular flexibility index (Phi) is 7.77. The Labute approximate surface area is 141 Å². The molecule has 1 aliphatic rings. The molecule has 1 amide bonds. The van der Waals surface area contributed by atoms with Crippen LogP contribution in [0.15, 0.2) is 18.2 Å². The van der Waals surface area contributed by atoms with Crippen molar-refractivity contribution in [3.05, 3.63) is 33.8 Å². The largest absolute Gasteiger partial charge is 0.374 e. The van der Waals surface area contributed by atoms with Gasteiger partial charge in [0.2, 0.25) is 5.91 Å². The first-order valence-electron chi connectivity index (χ1n) is 6.57. The van der Waals surface area contributed by atoms with Gasteiger partial charge in [-0.05, 0) is 17.7 Å². The average Bonchev–Trinajstić information content (AvgIpc) is 2.41. The maximum Gasteiger partial charge on any atom is 0.216 e. The lowest BCUT2D eigenvalue weighted by Gasteiger charge is -2.33. The number of ether oxygens (including phenoxy) is 1. The highest BCUT2D eigenvalue weighted by Crippen LogP contribution is 2.23. The number of benzene rings is 1. The van der Waals surface area contributed by atoms with E-state index >= 15 is 0 Å². The Morgan fingerprint density at radius 1 is 1.43 bits per heavy atom. The molecule has 0 aromatic heterocycles. The van der Waals surface area contributed by atoms with Gasteiger partial charge in [-0.1, -0.05) is 29.3 Å². The molecule has 1 aromatic rings. The van der Waals surface area contributed by atoms with E-state index in [1.807, 2.05) is 18.2 Å². The normalized spacial score (nSPS) is 18.9. The molecule has 0 aliphatic carbocycles. The van der Waals surface area contributed by atoms with Crippen molar-refractivity contribution in [3.63, 3.8) is 0 Å². The predicted molar refractivity (Wildman–Crippen MR) is 87.4 cm³/mol. The lowest BCUT2D eigenvalue weighted by Crippen LogP contribution is -2.46. The van der Waals surface area contributed by atoms with E-state index in [0.717, 1.165) is 25.2 Å². The van der Waals surface area contributed by atoms with Gasteiger partial charge in [0.25, 0.3) is 0 Å². The first-order chi connectivity index (χ1) is 9.54. The van der Waals surface area contributed by atoms with E-state index in [-0.39, 0.29) is 24.4 Å². The summed E-state index contributed by atoms with van der Waals surface area (Å²) < 4.78 is 5.64. The summed E-state index contributed by atoms with van der Waals surface area (Å²) in [5.74, 6) is -0.0322. The smallest absolute Gasteiger partial charge is 0.216 e. The quantitative estimate of drug-likeness (QED) is 0.905. The second-order valence-corrected chi connectivity index (χ2v) is 5.73. The Bertz CT molecular complexity index is 485. The van der Waals surface area contributed by atoms with Crippen LogP contribution in [0.5, 0.6) is 0 Å². The summed E-state index contributed by atoms with van der Waals surface area (Å²) in [6, 6.07) is 5.68. The summed E-state index contributed by atoms with van der Waals surface area (Å²) in [7, 11) is 0. The lowest BCUT2D eigenvalue weighted by molar-refractivity contribution is -0.120. The number of rotatable bonds is 4. The third-order valence-corrected chi connectivity index (χ3v) is 3.93. The van der Waals surface area contributed by atoms with Crippen molar-refractivity contribution in [2.45, 2.75) is 19.6 Å². The van der Waals surface area contributed by atoms with Gasteiger partial charge in [0.05, 0.1) is 22.8 Å². The number of hydrogen-bond acceptors (Lipinski definition) is 3. The van der Waals surface area contributed by atoms with Crippen molar-refractivity contribution in [1.82, 2.24) is 10.2 Å². The molecule has 0 radical (unpaired) electrons. The minimum atomic E-state index is -0.0322. The van der Waals surface area contributed by atoms with E-state index in [9.17, 15) is 4.79 Å². The molecule has 21 heavy (non-hydrogen) atoms. The van der Waals surface area contributed by atoms with Crippen molar-refractivity contribution in [2.75, 3.05) is 26.2 Å². The summed E-state index contributed by atoms with van der Waals surface area (Å²) in [5.41, 5.74) is 1.12. The maximum atomic E-state index is 10.9. The minimum absolute atomic E-state index is 0. The summed E-state index contributed by atoms with van der Waals surface area (Å²) in [4.78, 5) is 13.2. The zero-order valence-electron chi connectivity index (χ0n) is 11.8. The van der Waals surface area contributed by atoms with E-state index < -0.39 is 0 Å². The van der Waals surface area contributed by atoms with Gasteiger partial charge in [-0.3, -0.25) is 9.69 Å². The highest BCUT2D eigenvalue weighted by atomic mass is 35.5.